The highest BCUT2D eigenvalue weighted by molar-refractivity contribution is 5.83. The van der Waals surface area contributed by atoms with Gasteiger partial charge in [-0.3, -0.25) is 4.79 Å². The quantitative estimate of drug-likeness (QED) is 0.941. The highest BCUT2D eigenvalue weighted by Crippen LogP contribution is 2.47. The summed E-state index contributed by atoms with van der Waals surface area (Å²) in [4.78, 5) is 16.8. The Morgan fingerprint density at radius 2 is 2.17 bits per heavy atom. The van der Waals surface area contributed by atoms with Crippen LogP contribution in [0, 0.1) is 5.92 Å². The minimum Gasteiger partial charge on any atom is -0.497 e. The molecule has 2 aliphatic rings. The number of rotatable bonds is 4. The van der Waals surface area contributed by atoms with E-state index in [9.17, 15) is 4.79 Å². The molecule has 0 unspecified atom stereocenters. The van der Waals surface area contributed by atoms with Crippen molar-refractivity contribution in [2.45, 2.75) is 37.8 Å². The van der Waals surface area contributed by atoms with Crippen molar-refractivity contribution in [3.05, 3.63) is 48.0 Å². The summed E-state index contributed by atoms with van der Waals surface area (Å²) in [6.07, 6.45) is 6.68. The number of carbonyl (C=O) groups excluding carboxylic acids is 1. The lowest BCUT2D eigenvalue weighted by molar-refractivity contribution is -0.123. The Kier molecular flexibility index (Phi) is 3.56. The van der Waals surface area contributed by atoms with Gasteiger partial charge in [-0.1, -0.05) is 12.1 Å². The number of methoxy groups -OCH3 is 1. The molecule has 0 spiro atoms. The molecule has 1 amide bonds. The molecule has 1 aromatic carbocycles. The number of amides is 1. The fourth-order valence-corrected chi connectivity index (χ4v) is 3.50. The molecule has 3 atom stereocenters. The van der Waals surface area contributed by atoms with Crippen LogP contribution in [-0.2, 0) is 17.8 Å². The molecule has 1 N–H and O–H groups in total. The number of carbonyl (C=O) groups is 1. The molecule has 0 saturated heterocycles. The number of aromatic nitrogens is 2. The minimum atomic E-state index is 0.118. The van der Waals surface area contributed by atoms with Crippen LogP contribution in [0.1, 0.15) is 30.1 Å². The van der Waals surface area contributed by atoms with E-state index in [1.54, 1.807) is 7.11 Å². The van der Waals surface area contributed by atoms with Gasteiger partial charge in [-0.2, -0.15) is 0 Å². The van der Waals surface area contributed by atoms with E-state index in [0.29, 0.717) is 5.92 Å². The van der Waals surface area contributed by atoms with Gasteiger partial charge in [0.1, 0.15) is 11.6 Å². The smallest absolute Gasteiger partial charge is 0.224 e. The van der Waals surface area contributed by atoms with Crippen LogP contribution in [0.3, 0.4) is 0 Å². The molecule has 2 heterocycles. The Morgan fingerprint density at radius 3 is 2.96 bits per heavy atom. The highest BCUT2D eigenvalue weighted by atomic mass is 16.5. The van der Waals surface area contributed by atoms with Crippen LogP contribution in [0.4, 0.5) is 0 Å². The summed E-state index contributed by atoms with van der Waals surface area (Å²) >= 11 is 0. The standard InChI is InChI=1S/C18H21N3O2/c1-23-14-5-2-12(3-6-14)15-10-16(15)18(22)20-13-4-7-17-19-8-9-21(17)11-13/h2-3,5-6,8-9,13,15-16H,4,7,10-11H2,1H3,(H,20,22)/t13-,15-,16-/m0/s1. The zero-order valence-electron chi connectivity index (χ0n) is 13.2. The first-order valence-electron chi connectivity index (χ1n) is 8.19. The third-order valence-electron chi connectivity index (χ3n) is 4.95. The Hall–Kier alpha value is -2.30. The van der Waals surface area contributed by atoms with Gasteiger partial charge in [-0.05, 0) is 36.5 Å². The molecule has 1 aliphatic carbocycles. The Labute approximate surface area is 135 Å². The van der Waals surface area contributed by atoms with E-state index in [-0.39, 0.29) is 17.9 Å². The fourth-order valence-electron chi connectivity index (χ4n) is 3.50. The van der Waals surface area contributed by atoms with Crippen LogP contribution in [0.2, 0.25) is 0 Å². The number of hydrogen-bond acceptors (Lipinski definition) is 3. The molecule has 5 heteroatoms. The van der Waals surface area contributed by atoms with Crippen LogP contribution in [0.15, 0.2) is 36.7 Å². The number of hydrogen-bond donors (Lipinski definition) is 1. The minimum absolute atomic E-state index is 0.118. The number of nitrogens with zero attached hydrogens (tertiary/aromatic N) is 2. The third-order valence-corrected chi connectivity index (χ3v) is 4.95. The van der Waals surface area contributed by atoms with Crippen molar-refractivity contribution in [3.8, 4) is 5.75 Å². The topological polar surface area (TPSA) is 56.1 Å². The van der Waals surface area contributed by atoms with Crippen molar-refractivity contribution in [1.82, 2.24) is 14.9 Å². The molecule has 1 aliphatic heterocycles. The Morgan fingerprint density at radius 1 is 1.35 bits per heavy atom. The van der Waals surface area contributed by atoms with E-state index in [2.05, 4.69) is 27.0 Å². The maximum absolute atomic E-state index is 12.5. The van der Waals surface area contributed by atoms with Crippen molar-refractivity contribution in [3.63, 3.8) is 0 Å². The van der Waals surface area contributed by atoms with E-state index in [1.165, 1.54) is 5.56 Å². The molecule has 4 rings (SSSR count). The van der Waals surface area contributed by atoms with E-state index in [1.807, 2.05) is 24.5 Å². The summed E-state index contributed by atoms with van der Waals surface area (Å²) in [7, 11) is 1.66. The van der Waals surface area contributed by atoms with E-state index in [4.69, 9.17) is 4.74 Å². The van der Waals surface area contributed by atoms with Crippen molar-refractivity contribution in [2.75, 3.05) is 7.11 Å². The predicted molar refractivity (Wildman–Crippen MR) is 86.3 cm³/mol. The van der Waals surface area contributed by atoms with Crippen LogP contribution in [-0.4, -0.2) is 28.6 Å². The number of benzene rings is 1. The summed E-state index contributed by atoms with van der Waals surface area (Å²) in [6, 6.07) is 8.28. The molecular formula is C18H21N3O2. The first-order chi connectivity index (χ1) is 11.2. The average molecular weight is 311 g/mol. The van der Waals surface area contributed by atoms with Crippen molar-refractivity contribution >= 4 is 5.91 Å². The molecule has 23 heavy (non-hydrogen) atoms. The van der Waals surface area contributed by atoms with Crippen molar-refractivity contribution < 1.29 is 9.53 Å². The van der Waals surface area contributed by atoms with Crippen LogP contribution in [0.5, 0.6) is 5.75 Å². The van der Waals surface area contributed by atoms with Gasteiger partial charge < -0.3 is 14.6 Å². The zero-order valence-corrected chi connectivity index (χ0v) is 13.2. The molecular weight excluding hydrogens is 290 g/mol. The Bertz CT molecular complexity index is 707. The highest BCUT2D eigenvalue weighted by Gasteiger charge is 2.44. The second kappa shape index (κ2) is 5.72. The monoisotopic (exact) mass is 311 g/mol. The maximum Gasteiger partial charge on any atom is 0.224 e. The van der Waals surface area contributed by atoms with Gasteiger partial charge in [-0.15, -0.1) is 0 Å². The summed E-state index contributed by atoms with van der Waals surface area (Å²) in [5.41, 5.74) is 1.23. The number of fused-ring (bicyclic) bond motifs is 1. The van der Waals surface area contributed by atoms with Crippen LogP contribution in [0.25, 0.3) is 0 Å². The zero-order chi connectivity index (χ0) is 15.8. The third kappa shape index (κ3) is 2.83. The van der Waals surface area contributed by atoms with Crippen LogP contribution >= 0.6 is 0 Å². The van der Waals surface area contributed by atoms with Crippen molar-refractivity contribution in [1.29, 1.82) is 0 Å². The van der Waals surface area contributed by atoms with E-state index in [0.717, 1.165) is 37.4 Å². The van der Waals surface area contributed by atoms with E-state index < -0.39 is 0 Å². The van der Waals surface area contributed by atoms with Gasteiger partial charge >= 0.3 is 0 Å². The lowest BCUT2D eigenvalue weighted by Gasteiger charge is -2.24. The normalized spacial score (nSPS) is 25.5. The lowest BCUT2D eigenvalue weighted by atomic mass is 10.1. The SMILES string of the molecule is COc1ccc([C@@H]2C[C@@H]2C(=O)N[C@H]2CCc3nccn3C2)cc1. The van der Waals surface area contributed by atoms with Gasteiger partial charge in [0.15, 0.2) is 0 Å². The average Bonchev–Trinajstić information content (AvgIpc) is 3.25. The molecule has 1 saturated carbocycles. The van der Waals surface area contributed by atoms with Gasteiger partial charge in [0.2, 0.25) is 5.91 Å². The first-order valence-corrected chi connectivity index (χ1v) is 8.19. The first kappa shape index (κ1) is 14.3. The van der Waals surface area contributed by atoms with Gasteiger partial charge in [-0.25, -0.2) is 4.98 Å². The Balaban J connectivity index is 1.34. The van der Waals surface area contributed by atoms with Gasteiger partial charge in [0.05, 0.1) is 7.11 Å². The molecule has 0 bridgehead atoms. The molecule has 120 valence electrons. The van der Waals surface area contributed by atoms with Crippen molar-refractivity contribution in [2.24, 2.45) is 5.92 Å². The fraction of sp³-hybridized carbons (Fsp3) is 0.444. The largest absolute Gasteiger partial charge is 0.497 e. The van der Waals surface area contributed by atoms with Gasteiger partial charge in [0.25, 0.3) is 0 Å². The predicted octanol–water partition coefficient (Wildman–Crippen LogP) is 2.13. The second-order valence-electron chi connectivity index (χ2n) is 6.46. The lowest BCUT2D eigenvalue weighted by Crippen LogP contribution is -2.41. The molecule has 1 aromatic heterocycles. The summed E-state index contributed by atoms with van der Waals surface area (Å²) < 4.78 is 7.32. The van der Waals surface area contributed by atoms with Crippen LogP contribution < -0.4 is 10.1 Å². The maximum atomic E-state index is 12.5. The van der Waals surface area contributed by atoms with E-state index >= 15 is 0 Å². The number of nitrogens with one attached hydrogen (secondary N) is 1. The molecule has 5 nitrogen and oxygen atoms in total. The number of imidazole rings is 1. The molecule has 1 fully saturated rings. The molecule has 0 radical (unpaired) electrons. The summed E-state index contributed by atoms with van der Waals surface area (Å²) in [6.45, 7) is 0.834. The number of aryl methyl sites for hydroxylation is 1. The summed E-state index contributed by atoms with van der Waals surface area (Å²) in [5.74, 6) is 2.65. The second-order valence-corrected chi connectivity index (χ2v) is 6.46. The summed E-state index contributed by atoms with van der Waals surface area (Å²) in [5, 5.41) is 3.22. The molecule has 2 aromatic rings. The van der Waals surface area contributed by atoms with Gasteiger partial charge in [0, 0.05) is 37.3 Å². The number of ether oxygens (including phenoxy) is 1.